The summed E-state index contributed by atoms with van der Waals surface area (Å²) in [5.41, 5.74) is 1.80. The van der Waals surface area contributed by atoms with Crippen molar-refractivity contribution in [2.45, 2.75) is 52.6 Å². The monoisotopic (exact) mass is 452 g/mol. The Morgan fingerprint density at radius 3 is 1.63 bits per heavy atom. The van der Waals surface area contributed by atoms with E-state index in [1.165, 1.54) is 12.8 Å². The molecular weight excluding hydrogens is 428 g/mol. The van der Waals surface area contributed by atoms with Gasteiger partial charge in [0.2, 0.25) is 0 Å². The molecule has 0 atom stereocenters. The Hall–Kier alpha value is -1.34. The molecule has 0 fully saturated rings. The molecule has 0 spiro atoms. The third kappa shape index (κ3) is 6.35. The van der Waals surface area contributed by atoms with Crippen LogP contribution in [0.15, 0.2) is 43.0 Å². The van der Waals surface area contributed by atoms with Crippen molar-refractivity contribution in [1.82, 2.24) is 24.1 Å². The van der Waals surface area contributed by atoms with E-state index in [9.17, 15) is 0 Å². The fraction of sp³-hybridized carbons (Fsp3) is 0.421. The third-order valence-electron chi connectivity index (χ3n) is 4.14. The molecule has 0 amide bonds. The van der Waals surface area contributed by atoms with E-state index in [1.807, 2.05) is 43.0 Å². The molecule has 0 unspecified atom stereocenters. The summed E-state index contributed by atoms with van der Waals surface area (Å²) in [5, 5.41) is 0. The van der Waals surface area contributed by atoms with Crippen molar-refractivity contribution in [2.24, 2.45) is 0 Å². The second-order valence-corrected chi connectivity index (χ2v) is 6.00. The van der Waals surface area contributed by atoms with Crippen molar-refractivity contribution in [3.05, 3.63) is 43.0 Å². The predicted molar refractivity (Wildman–Crippen MR) is 96.5 cm³/mol. The number of nitrogens with zero attached hydrogens (tertiary/aromatic N) is 5. The SMILES string of the molecule is CCCCn1ccnc1-c1cccc(-c2nccn2CCCC)n1.[Cl-].[Cl-].[Co+2]. The maximum Gasteiger partial charge on any atom is 2.00 e. The molecule has 0 aliphatic rings. The summed E-state index contributed by atoms with van der Waals surface area (Å²) >= 11 is 0. The summed E-state index contributed by atoms with van der Waals surface area (Å²) in [4.78, 5) is 13.8. The van der Waals surface area contributed by atoms with Crippen molar-refractivity contribution in [2.75, 3.05) is 0 Å². The number of imidazole rings is 2. The van der Waals surface area contributed by atoms with Crippen LogP contribution >= 0.6 is 0 Å². The summed E-state index contributed by atoms with van der Waals surface area (Å²) < 4.78 is 4.36. The average molecular weight is 453 g/mol. The molecule has 0 aliphatic heterocycles. The summed E-state index contributed by atoms with van der Waals surface area (Å²) in [5.74, 6) is 1.86. The van der Waals surface area contributed by atoms with E-state index < -0.39 is 0 Å². The van der Waals surface area contributed by atoms with Crippen LogP contribution < -0.4 is 24.8 Å². The largest absolute Gasteiger partial charge is 2.00 e. The van der Waals surface area contributed by atoms with Crippen LogP contribution in [0.5, 0.6) is 0 Å². The molecule has 8 heteroatoms. The third-order valence-corrected chi connectivity index (χ3v) is 4.14. The van der Waals surface area contributed by atoms with E-state index in [2.05, 4.69) is 32.9 Å². The average Bonchev–Trinajstić information content (AvgIpc) is 3.27. The second-order valence-electron chi connectivity index (χ2n) is 6.00. The molecule has 1 radical (unpaired) electrons. The molecule has 0 saturated carbocycles. The van der Waals surface area contributed by atoms with Crippen LogP contribution in [-0.2, 0) is 29.9 Å². The Labute approximate surface area is 184 Å². The van der Waals surface area contributed by atoms with Gasteiger partial charge in [-0.25, -0.2) is 15.0 Å². The molecule has 0 saturated heterocycles. The van der Waals surface area contributed by atoms with Crippen molar-refractivity contribution >= 4 is 0 Å². The molecule has 0 N–H and O–H groups in total. The van der Waals surface area contributed by atoms with Gasteiger partial charge in [0, 0.05) is 37.9 Å². The Morgan fingerprint density at radius 1 is 0.778 bits per heavy atom. The van der Waals surface area contributed by atoms with Gasteiger partial charge in [-0.05, 0) is 25.0 Å². The molecule has 5 nitrogen and oxygen atoms in total. The molecular formula is C19H25Cl2CoN5. The molecule has 3 heterocycles. The molecule has 149 valence electrons. The van der Waals surface area contributed by atoms with Crippen LogP contribution in [0.25, 0.3) is 23.0 Å². The zero-order chi connectivity index (χ0) is 16.8. The number of aromatic nitrogens is 5. The van der Waals surface area contributed by atoms with Gasteiger partial charge >= 0.3 is 16.8 Å². The Kier molecular flexibility index (Phi) is 12.3. The summed E-state index contributed by atoms with van der Waals surface area (Å²) in [6, 6.07) is 6.08. The normalized spacial score (nSPS) is 9.85. The van der Waals surface area contributed by atoms with Crippen LogP contribution in [0.1, 0.15) is 39.5 Å². The zero-order valence-corrected chi connectivity index (χ0v) is 18.2. The number of unbranched alkanes of at least 4 members (excludes halogenated alkanes) is 2. The van der Waals surface area contributed by atoms with Gasteiger partial charge in [0.05, 0.1) is 0 Å². The van der Waals surface area contributed by atoms with Crippen molar-refractivity contribution in [1.29, 1.82) is 0 Å². The van der Waals surface area contributed by atoms with Gasteiger partial charge in [0.1, 0.15) is 11.4 Å². The van der Waals surface area contributed by atoms with Gasteiger partial charge in [-0.1, -0.05) is 32.8 Å². The fourth-order valence-electron chi connectivity index (χ4n) is 2.79. The maximum atomic E-state index is 4.83. The first-order valence-electron chi connectivity index (χ1n) is 8.83. The molecule has 27 heavy (non-hydrogen) atoms. The second kappa shape index (κ2) is 12.9. The molecule has 0 aliphatic carbocycles. The van der Waals surface area contributed by atoms with E-state index >= 15 is 0 Å². The van der Waals surface area contributed by atoms with Crippen molar-refractivity contribution in [3.63, 3.8) is 0 Å². The molecule has 0 bridgehead atoms. The van der Waals surface area contributed by atoms with Crippen LogP contribution in [-0.4, -0.2) is 24.1 Å². The number of pyridine rings is 1. The van der Waals surface area contributed by atoms with Gasteiger partial charge in [-0.2, -0.15) is 0 Å². The van der Waals surface area contributed by atoms with Gasteiger partial charge < -0.3 is 33.9 Å². The van der Waals surface area contributed by atoms with E-state index in [0.29, 0.717) is 0 Å². The summed E-state index contributed by atoms with van der Waals surface area (Å²) in [6.07, 6.45) is 12.4. The number of hydrogen-bond donors (Lipinski definition) is 0. The van der Waals surface area contributed by atoms with Crippen LogP contribution in [0.4, 0.5) is 0 Å². The molecule has 0 aromatic carbocycles. The van der Waals surface area contributed by atoms with Gasteiger partial charge in [-0.3, -0.25) is 0 Å². The van der Waals surface area contributed by atoms with E-state index in [-0.39, 0.29) is 41.6 Å². The van der Waals surface area contributed by atoms with Crippen molar-refractivity contribution in [3.8, 4) is 23.0 Å². The Bertz CT molecular complexity index is 726. The topological polar surface area (TPSA) is 48.5 Å². The Balaban J connectivity index is 0.00000225. The quantitative estimate of drug-likeness (QED) is 0.414. The van der Waals surface area contributed by atoms with Crippen molar-refractivity contribution < 1.29 is 41.6 Å². The van der Waals surface area contributed by atoms with E-state index in [4.69, 9.17) is 4.98 Å². The molecule has 3 aromatic heterocycles. The molecule has 3 rings (SSSR count). The van der Waals surface area contributed by atoms with E-state index in [0.717, 1.165) is 49.0 Å². The smallest absolute Gasteiger partial charge is 1.00 e. The van der Waals surface area contributed by atoms with Gasteiger partial charge in [0.15, 0.2) is 11.6 Å². The summed E-state index contributed by atoms with van der Waals surface area (Å²) in [6.45, 7) is 6.35. The van der Waals surface area contributed by atoms with Crippen LogP contribution in [0, 0.1) is 0 Å². The zero-order valence-electron chi connectivity index (χ0n) is 15.6. The first kappa shape index (κ1) is 25.7. The summed E-state index contributed by atoms with van der Waals surface area (Å²) in [7, 11) is 0. The van der Waals surface area contributed by atoms with Crippen LogP contribution in [0.2, 0.25) is 0 Å². The van der Waals surface area contributed by atoms with E-state index in [1.54, 1.807) is 0 Å². The first-order valence-corrected chi connectivity index (χ1v) is 8.83. The van der Waals surface area contributed by atoms with Gasteiger partial charge in [-0.15, -0.1) is 0 Å². The number of halogens is 2. The van der Waals surface area contributed by atoms with Gasteiger partial charge in [0.25, 0.3) is 0 Å². The standard InChI is InChI=1S/C19H25N5.2ClH.Co/c1-3-5-12-23-14-10-20-18(23)16-8-7-9-17(22-16)19-21-11-15-24(19)13-6-4-2;;;/h7-11,14-15H,3-6,12-13H2,1-2H3;2*1H;/q;;;+2/p-2. The number of aryl methyl sites for hydroxylation is 2. The maximum absolute atomic E-state index is 4.83. The molecule has 3 aromatic rings. The fourth-order valence-corrected chi connectivity index (χ4v) is 2.79. The Morgan fingerprint density at radius 2 is 1.22 bits per heavy atom. The predicted octanol–water partition coefficient (Wildman–Crippen LogP) is -1.59. The number of rotatable bonds is 8. The number of hydrogen-bond acceptors (Lipinski definition) is 3. The minimum Gasteiger partial charge on any atom is -1.00 e. The minimum absolute atomic E-state index is 0. The van der Waals surface area contributed by atoms with Crippen LogP contribution in [0.3, 0.4) is 0 Å². The minimum atomic E-state index is 0. The first-order chi connectivity index (χ1) is 11.8.